The molecule has 0 aliphatic heterocycles. The largest absolute Gasteiger partial charge is 0.356 e. The number of rotatable bonds is 5. The summed E-state index contributed by atoms with van der Waals surface area (Å²) in [6.07, 6.45) is 4.07. The second-order valence-corrected chi connectivity index (χ2v) is 3.68. The second kappa shape index (κ2) is 6.04. The predicted octanol–water partition coefficient (Wildman–Crippen LogP) is 2.73. The maximum absolute atomic E-state index is 3.93. The molecule has 80 valence electrons. The summed E-state index contributed by atoms with van der Waals surface area (Å²) in [5, 5.41) is 3.22. The van der Waals surface area contributed by atoms with Crippen molar-refractivity contribution < 1.29 is 0 Å². The highest BCUT2D eigenvalue weighted by atomic mass is 15.0. The number of likely N-dealkylation sites (N-methyl/N-ethyl adjacent to an activating group) is 1. The van der Waals surface area contributed by atoms with E-state index < -0.39 is 0 Å². The molecule has 0 aromatic heterocycles. The first-order valence-corrected chi connectivity index (χ1v) is 5.01. The summed E-state index contributed by atoms with van der Waals surface area (Å²) in [6.45, 7) is 4.86. The number of allylic oxidation sites excluding steroid dienone is 1. The van der Waals surface area contributed by atoms with Gasteiger partial charge < -0.3 is 10.2 Å². The first kappa shape index (κ1) is 11.5. The van der Waals surface area contributed by atoms with Gasteiger partial charge in [-0.3, -0.25) is 0 Å². The summed E-state index contributed by atoms with van der Waals surface area (Å²) in [7, 11) is 4.08. The standard InChI is InChI=1S/C13H18N2/c1-12(8-7-11-15(2)3)14-13-9-5-4-6-10-13/h4-10,14H,1,11H2,2-3H3/b8-7+. The Morgan fingerprint density at radius 2 is 2.00 bits per heavy atom. The lowest BCUT2D eigenvalue weighted by Gasteiger charge is -2.06. The Labute approximate surface area is 91.9 Å². The Bertz CT molecular complexity index is 326. The normalized spacial score (nSPS) is 10.9. The highest BCUT2D eigenvalue weighted by Crippen LogP contribution is 2.08. The molecule has 0 saturated carbocycles. The molecule has 0 amide bonds. The first-order valence-electron chi connectivity index (χ1n) is 5.01. The van der Waals surface area contributed by atoms with Crippen LogP contribution >= 0.6 is 0 Å². The number of hydrogen-bond acceptors (Lipinski definition) is 2. The molecule has 2 heteroatoms. The van der Waals surface area contributed by atoms with Crippen molar-refractivity contribution in [2.24, 2.45) is 0 Å². The van der Waals surface area contributed by atoms with Gasteiger partial charge in [-0.15, -0.1) is 0 Å². The van der Waals surface area contributed by atoms with Gasteiger partial charge in [0.2, 0.25) is 0 Å². The van der Waals surface area contributed by atoms with Crippen molar-refractivity contribution in [2.45, 2.75) is 0 Å². The SMILES string of the molecule is C=C(/C=C/CN(C)C)Nc1ccccc1. The molecule has 1 N–H and O–H groups in total. The van der Waals surface area contributed by atoms with Gasteiger partial charge in [-0.2, -0.15) is 0 Å². The Hall–Kier alpha value is -1.54. The summed E-state index contributed by atoms with van der Waals surface area (Å²) >= 11 is 0. The van der Waals surface area contributed by atoms with E-state index in [1.54, 1.807) is 0 Å². The third kappa shape index (κ3) is 5.03. The molecule has 0 spiro atoms. The Balaban J connectivity index is 2.40. The third-order valence-corrected chi connectivity index (χ3v) is 1.87. The number of hydrogen-bond donors (Lipinski definition) is 1. The van der Waals surface area contributed by atoms with Crippen LogP contribution in [-0.2, 0) is 0 Å². The van der Waals surface area contributed by atoms with E-state index in [1.165, 1.54) is 0 Å². The molecule has 0 fully saturated rings. The predicted molar refractivity (Wildman–Crippen MR) is 66.9 cm³/mol. The zero-order valence-corrected chi connectivity index (χ0v) is 9.40. The van der Waals surface area contributed by atoms with Crippen LogP contribution in [-0.4, -0.2) is 25.5 Å². The van der Waals surface area contributed by atoms with Crippen molar-refractivity contribution in [1.29, 1.82) is 0 Å². The quantitative estimate of drug-likeness (QED) is 0.739. The van der Waals surface area contributed by atoms with Crippen molar-refractivity contribution in [3.8, 4) is 0 Å². The number of anilines is 1. The zero-order chi connectivity index (χ0) is 11.1. The monoisotopic (exact) mass is 202 g/mol. The van der Waals surface area contributed by atoms with E-state index in [2.05, 4.69) is 22.9 Å². The molecule has 0 radical (unpaired) electrons. The Morgan fingerprint density at radius 1 is 1.33 bits per heavy atom. The Kier molecular flexibility index (Phi) is 4.64. The fraction of sp³-hybridized carbons (Fsp3) is 0.231. The molecule has 0 unspecified atom stereocenters. The molecule has 0 heterocycles. The van der Waals surface area contributed by atoms with Gasteiger partial charge in [0.25, 0.3) is 0 Å². The first-order chi connectivity index (χ1) is 7.18. The van der Waals surface area contributed by atoms with Gasteiger partial charge in [0, 0.05) is 17.9 Å². The van der Waals surface area contributed by atoms with Crippen molar-refractivity contribution >= 4 is 5.69 Å². The van der Waals surface area contributed by atoms with Gasteiger partial charge in [-0.1, -0.05) is 30.9 Å². The minimum absolute atomic E-state index is 0.906. The van der Waals surface area contributed by atoms with Crippen LogP contribution in [0.2, 0.25) is 0 Å². The van der Waals surface area contributed by atoms with Crippen molar-refractivity contribution in [1.82, 2.24) is 4.90 Å². The van der Waals surface area contributed by atoms with Gasteiger partial charge in [0.1, 0.15) is 0 Å². The summed E-state index contributed by atoms with van der Waals surface area (Å²) in [6, 6.07) is 10.0. The summed E-state index contributed by atoms with van der Waals surface area (Å²) in [5.74, 6) is 0. The highest BCUT2D eigenvalue weighted by molar-refractivity contribution is 5.49. The molecular weight excluding hydrogens is 184 g/mol. The average molecular weight is 202 g/mol. The maximum atomic E-state index is 3.93. The van der Waals surface area contributed by atoms with Crippen LogP contribution in [0.25, 0.3) is 0 Å². The molecule has 1 rings (SSSR count). The van der Waals surface area contributed by atoms with E-state index >= 15 is 0 Å². The lowest BCUT2D eigenvalue weighted by Crippen LogP contribution is -2.10. The van der Waals surface area contributed by atoms with Crippen LogP contribution < -0.4 is 5.32 Å². The summed E-state index contributed by atoms with van der Waals surface area (Å²) in [4.78, 5) is 2.10. The van der Waals surface area contributed by atoms with E-state index in [0.29, 0.717) is 0 Å². The van der Waals surface area contributed by atoms with Gasteiger partial charge in [-0.25, -0.2) is 0 Å². The fourth-order valence-electron chi connectivity index (χ4n) is 1.15. The number of para-hydroxylation sites is 1. The topological polar surface area (TPSA) is 15.3 Å². The zero-order valence-electron chi connectivity index (χ0n) is 9.40. The molecular formula is C13H18N2. The van der Waals surface area contributed by atoms with E-state index in [-0.39, 0.29) is 0 Å². The van der Waals surface area contributed by atoms with Crippen molar-refractivity contribution in [3.05, 3.63) is 54.8 Å². The van der Waals surface area contributed by atoms with E-state index in [0.717, 1.165) is 17.9 Å². The van der Waals surface area contributed by atoms with Gasteiger partial charge in [-0.05, 0) is 32.3 Å². The van der Waals surface area contributed by atoms with Crippen LogP contribution in [0.15, 0.2) is 54.8 Å². The molecule has 15 heavy (non-hydrogen) atoms. The molecule has 2 nitrogen and oxygen atoms in total. The van der Waals surface area contributed by atoms with Gasteiger partial charge >= 0.3 is 0 Å². The number of nitrogens with zero attached hydrogens (tertiary/aromatic N) is 1. The van der Waals surface area contributed by atoms with Crippen LogP contribution in [0.4, 0.5) is 5.69 Å². The molecule has 1 aromatic rings. The minimum Gasteiger partial charge on any atom is -0.356 e. The molecule has 0 saturated heterocycles. The minimum atomic E-state index is 0.906. The molecule has 0 aliphatic carbocycles. The summed E-state index contributed by atoms with van der Waals surface area (Å²) in [5.41, 5.74) is 1.97. The molecule has 0 atom stereocenters. The van der Waals surface area contributed by atoms with Crippen molar-refractivity contribution in [2.75, 3.05) is 26.0 Å². The number of nitrogens with one attached hydrogen (secondary N) is 1. The fourth-order valence-corrected chi connectivity index (χ4v) is 1.15. The van der Waals surface area contributed by atoms with E-state index in [9.17, 15) is 0 Å². The molecule has 1 aromatic carbocycles. The van der Waals surface area contributed by atoms with Gasteiger partial charge in [0.15, 0.2) is 0 Å². The summed E-state index contributed by atoms with van der Waals surface area (Å²) < 4.78 is 0. The smallest absolute Gasteiger partial charge is 0.0384 e. The maximum Gasteiger partial charge on any atom is 0.0384 e. The van der Waals surface area contributed by atoms with Crippen LogP contribution in [0.5, 0.6) is 0 Å². The Morgan fingerprint density at radius 3 is 2.60 bits per heavy atom. The lowest BCUT2D eigenvalue weighted by atomic mass is 10.3. The molecule has 0 bridgehead atoms. The average Bonchev–Trinajstić information content (AvgIpc) is 2.18. The van der Waals surface area contributed by atoms with Crippen molar-refractivity contribution in [3.63, 3.8) is 0 Å². The van der Waals surface area contributed by atoms with Crippen LogP contribution in [0.3, 0.4) is 0 Å². The third-order valence-electron chi connectivity index (χ3n) is 1.87. The lowest BCUT2D eigenvalue weighted by molar-refractivity contribution is 0.456. The molecule has 0 aliphatic rings. The van der Waals surface area contributed by atoms with Gasteiger partial charge in [0.05, 0.1) is 0 Å². The highest BCUT2D eigenvalue weighted by Gasteiger charge is 1.90. The second-order valence-electron chi connectivity index (χ2n) is 3.68. The van der Waals surface area contributed by atoms with Crippen LogP contribution in [0.1, 0.15) is 0 Å². The number of benzene rings is 1. The van der Waals surface area contributed by atoms with Crippen LogP contribution in [0, 0.1) is 0 Å². The van der Waals surface area contributed by atoms with E-state index in [4.69, 9.17) is 0 Å². The van der Waals surface area contributed by atoms with E-state index in [1.807, 2.05) is 50.5 Å².